The molecule has 0 saturated carbocycles. The number of carboxylic acids is 1. The van der Waals surface area contributed by atoms with Crippen LogP contribution in [-0.2, 0) is 16.1 Å². The van der Waals surface area contributed by atoms with Crippen molar-refractivity contribution < 1.29 is 14.6 Å². The Balaban J connectivity index is 2.18. The molecule has 3 N–H and O–H groups in total. The predicted octanol–water partition coefficient (Wildman–Crippen LogP) is 0.677. The van der Waals surface area contributed by atoms with Crippen molar-refractivity contribution in [2.75, 3.05) is 6.61 Å². The first kappa shape index (κ1) is 10.2. The number of thiophene rings is 1. The summed E-state index contributed by atoms with van der Waals surface area (Å²) in [4.78, 5) is 11.4. The topological polar surface area (TPSA) is 72.5 Å². The van der Waals surface area contributed by atoms with Gasteiger partial charge in [0.25, 0.3) is 0 Å². The van der Waals surface area contributed by atoms with E-state index in [0.717, 1.165) is 4.88 Å². The second-order valence-corrected chi connectivity index (χ2v) is 3.57. The summed E-state index contributed by atoms with van der Waals surface area (Å²) in [7, 11) is 0. The van der Waals surface area contributed by atoms with E-state index in [1.54, 1.807) is 11.3 Å². The smallest absolute Gasteiger partial charge is 0.322 e. The standard InChI is InChI=1S/C8H11NO3S/c9-7(8(10)11)5-12-4-6-2-1-3-13-6/h1-3,7H,4-5,9H2,(H,10,11)/t7-/m0/s1. The molecule has 72 valence electrons. The zero-order chi connectivity index (χ0) is 9.68. The largest absolute Gasteiger partial charge is 0.480 e. The summed E-state index contributed by atoms with van der Waals surface area (Å²) in [5.74, 6) is -1.04. The first-order chi connectivity index (χ1) is 6.20. The highest BCUT2D eigenvalue weighted by atomic mass is 32.1. The van der Waals surface area contributed by atoms with Crippen LogP contribution in [0.1, 0.15) is 4.88 Å². The molecular formula is C8H11NO3S. The van der Waals surface area contributed by atoms with E-state index >= 15 is 0 Å². The lowest BCUT2D eigenvalue weighted by molar-refractivity contribution is -0.140. The number of nitrogens with two attached hydrogens (primary N) is 1. The number of carboxylic acid groups (broad SMARTS) is 1. The van der Waals surface area contributed by atoms with E-state index < -0.39 is 12.0 Å². The zero-order valence-corrected chi connectivity index (χ0v) is 7.79. The summed E-state index contributed by atoms with van der Waals surface area (Å²) >= 11 is 1.57. The maximum atomic E-state index is 10.3. The Morgan fingerprint density at radius 2 is 2.54 bits per heavy atom. The van der Waals surface area contributed by atoms with Gasteiger partial charge in [-0.1, -0.05) is 6.07 Å². The van der Waals surface area contributed by atoms with Crippen LogP contribution in [0.15, 0.2) is 17.5 Å². The van der Waals surface area contributed by atoms with E-state index in [0.29, 0.717) is 6.61 Å². The normalized spacial score (nSPS) is 12.7. The second kappa shape index (κ2) is 4.96. The van der Waals surface area contributed by atoms with Gasteiger partial charge in [0, 0.05) is 4.88 Å². The maximum absolute atomic E-state index is 10.3. The molecule has 0 spiro atoms. The second-order valence-electron chi connectivity index (χ2n) is 2.54. The Labute approximate surface area is 79.9 Å². The minimum absolute atomic E-state index is 0.0488. The van der Waals surface area contributed by atoms with Crippen molar-refractivity contribution in [3.63, 3.8) is 0 Å². The predicted molar refractivity (Wildman–Crippen MR) is 49.6 cm³/mol. The lowest BCUT2D eigenvalue weighted by Gasteiger charge is -2.05. The molecule has 5 heteroatoms. The summed E-state index contributed by atoms with van der Waals surface area (Å²) < 4.78 is 5.11. The fourth-order valence-electron chi connectivity index (χ4n) is 0.752. The molecule has 1 aromatic rings. The van der Waals surface area contributed by atoms with Crippen LogP contribution in [0.2, 0.25) is 0 Å². The first-order valence-corrected chi connectivity index (χ1v) is 4.66. The Hall–Kier alpha value is -0.910. The van der Waals surface area contributed by atoms with Gasteiger partial charge in [0.2, 0.25) is 0 Å². The van der Waals surface area contributed by atoms with Gasteiger partial charge >= 0.3 is 5.97 Å². The van der Waals surface area contributed by atoms with Gasteiger partial charge < -0.3 is 15.6 Å². The van der Waals surface area contributed by atoms with Gasteiger partial charge in [0.15, 0.2) is 0 Å². The van der Waals surface area contributed by atoms with Gasteiger partial charge in [-0.15, -0.1) is 11.3 Å². The average Bonchev–Trinajstić information content (AvgIpc) is 2.56. The van der Waals surface area contributed by atoms with Crippen LogP contribution < -0.4 is 5.73 Å². The van der Waals surface area contributed by atoms with E-state index in [-0.39, 0.29) is 6.61 Å². The molecular weight excluding hydrogens is 190 g/mol. The molecule has 0 amide bonds. The SMILES string of the molecule is N[C@@H](COCc1cccs1)C(=O)O. The van der Waals surface area contributed by atoms with Gasteiger partial charge in [-0.25, -0.2) is 0 Å². The van der Waals surface area contributed by atoms with Gasteiger partial charge in [-0.3, -0.25) is 4.79 Å². The summed E-state index contributed by atoms with van der Waals surface area (Å²) in [6.07, 6.45) is 0. The Morgan fingerprint density at radius 1 is 1.77 bits per heavy atom. The molecule has 0 unspecified atom stereocenters. The Morgan fingerprint density at radius 3 is 3.08 bits per heavy atom. The summed E-state index contributed by atoms with van der Waals surface area (Å²) in [5, 5.41) is 10.4. The average molecular weight is 201 g/mol. The molecule has 0 bridgehead atoms. The van der Waals surface area contributed by atoms with Crippen molar-refractivity contribution in [3.05, 3.63) is 22.4 Å². The molecule has 0 aromatic carbocycles. The molecule has 0 saturated heterocycles. The van der Waals surface area contributed by atoms with Crippen LogP contribution in [0.3, 0.4) is 0 Å². The third kappa shape index (κ3) is 3.54. The molecule has 13 heavy (non-hydrogen) atoms. The van der Waals surface area contributed by atoms with Crippen molar-refractivity contribution in [2.45, 2.75) is 12.6 Å². The summed E-state index contributed by atoms with van der Waals surface area (Å²) in [5.41, 5.74) is 5.23. The van der Waals surface area contributed by atoms with E-state index in [2.05, 4.69) is 0 Å². The van der Waals surface area contributed by atoms with Crippen LogP contribution in [0, 0.1) is 0 Å². The summed E-state index contributed by atoms with van der Waals surface area (Å²) in [6, 6.07) is 2.91. The van der Waals surface area contributed by atoms with Crippen molar-refractivity contribution in [3.8, 4) is 0 Å². The number of ether oxygens (including phenoxy) is 1. The molecule has 1 heterocycles. The van der Waals surface area contributed by atoms with Crippen LogP contribution >= 0.6 is 11.3 Å². The minimum Gasteiger partial charge on any atom is -0.480 e. The van der Waals surface area contributed by atoms with Gasteiger partial charge in [0.1, 0.15) is 6.04 Å². The zero-order valence-electron chi connectivity index (χ0n) is 6.97. The highest BCUT2D eigenvalue weighted by Crippen LogP contribution is 2.09. The van der Waals surface area contributed by atoms with Crippen molar-refractivity contribution >= 4 is 17.3 Å². The fourth-order valence-corrected chi connectivity index (χ4v) is 1.39. The van der Waals surface area contributed by atoms with Crippen LogP contribution in [0.25, 0.3) is 0 Å². The van der Waals surface area contributed by atoms with E-state index in [9.17, 15) is 4.79 Å². The molecule has 0 fully saturated rings. The van der Waals surface area contributed by atoms with Crippen LogP contribution in [0.4, 0.5) is 0 Å². The third-order valence-corrected chi connectivity index (χ3v) is 2.29. The molecule has 0 radical (unpaired) electrons. The summed E-state index contributed by atoms with van der Waals surface area (Å²) in [6.45, 7) is 0.478. The Kier molecular flexibility index (Phi) is 3.88. The van der Waals surface area contributed by atoms with Gasteiger partial charge in [0.05, 0.1) is 13.2 Å². The molecule has 4 nitrogen and oxygen atoms in total. The lowest BCUT2D eigenvalue weighted by atomic mass is 10.3. The first-order valence-electron chi connectivity index (χ1n) is 3.78. The number of hydrogen-bond acceptors (Lipinski definition) is 4. The van der Waals surface area contributed by atoms with E-state index in [1.165, 1.54) is 0 Å². The number of aliphatic carboxylic acids is 1. The number of carbonyl (C=O) groups is 1. The fraction of sp³-hybridized carbons (Fsp3) is 0.375. The monoisotopic (exact) mass is 201 g/mol. The van der Waals surface area contributed by atoms with Crippen molar-refractivity contribution in [2.24, 2.45) is 5.73 Å². The van der Waals surface area contributed by atoms with Gasteiger partial charge in [-0.05, 0) is 11.4 Å². The van der Waals surface area contributed by atoms with Crippen LogP contribution in [-0.4, -0.2) is 23.7 Å². The highest BCUT2D eigenvalue weighted by molar-refractivity contribution is 7.09. The highest BCUT2D eigenvalue weighted by Gasteiger charge is 2.10. The third-order valence-electron chi connectivity index (χ3n) is 1.44. The van der Waals surface area contributed by atoms with E-state index in [4.69, 9.17) is 15.6 Å². The molecule has 0 aliphatic heterocycles. The maximum Gasteiger partial charge on any atom is 0.322 e. The number of rotatable bonds is 5. The van der Waals surface area contributed by atoms with Crippen molar-refractivity contribution in [1.82, 2.24) is 0 Å². The molecule has 0 aliphatic rings. The minimum atomic E-state index is -1.04. The lowest BCUT2D eigenvalue weighted by Crippen LogP contribution is -2.34. The van der Waals surface area contributed by atoms with Crippen molar-refractivity contribution in [1.29, 1.82) is 0 Å². The molecule has 1 aromatic heterocycles. The molecule has 1 rings (SSSR count). The van der Waals surface area contributed by atoms with E-state index in [1.807, 2.05) is 17.5 Å². The quantitative estimate of drug-likeness (QED) is 0.734. The van der Waals surface area contributed by atoms with Crippen LogP contribution in [0.5, 0.6) is 0 Å². The van der Waals surface area contributed by atoms with Gasteiger partial charge in [-0.2, -0.15) is 0 Å². The number of hydrogen-bond donors (Lipinski definition) is 2. The molecule has 0 aliphatic carbocycles. The molecule has 1 atom stereocenters. The Bertz CT molecular complexity index is 260.